The number of hydrogen-bond acceptors (Lipinski definition) is 1. The van der Waals surface area contributed by atoms with Gasteiger partial charge in [0, 0.05) is 11.3 Å². The highest BCUT2D eigenvalue weighted by molar-refractivity contribution is 5.71. The zero-order valence-electron chi connectivity index (χ0n) is 8.17. The number of benzene rings is 1. The van der Waals surface area contributed by atoms with Gasteiger partial charge >= 0.3 is 0 Å². The van der Waals surface area contributed by atoms with Crippen LogP contribution in [0, 0.1) is 6.92 Å². The molecule has 1 nitrogen and oxygen atoms in total. The van der Waals surface area contributed by atoms with Gasteiger partial charge in [-0.05, 0) is 25.5 Å². The Morgan fingerprint density at radius 2 is 2.15 bits per heavy atom. The van der Waals surface area contributed by atoms with Crippen LogP contribution >= 0.6 is 0 Å². The second kappa shape index (κ2) is 3.94. The van der Waals surface area contributed by atoms with Gasteiger partial charge in [0.25, 0.3) is 0 Å². The molecule has 0 spiro atoms. The smallest absolute Gasteiger partial charge is 0.0320 e. The highest BCUT2D eigenvalue weighted by Gasteiger charge is 2.00. The summed E-state index contributed by atoms with van der Waals surface area (Å²) in [7, 11) is 0. The number of hydrogen-bond donors (Lipinski definition) is 1. The van der Waals surface area contributed by atoms with Crippen molar-refractivity contribution >= 4 is 11.8 Å². The second-order valence-electron chi connectivity index (χ2n) is 3.12. The summed E-state index contributed by atoms with van der Waals surface area (Å²) in [5.74, 6) is 0. The van der Waals surface area contributed by atoms with Crippen LogP contribution in [0.1, 0.15) is 23.6 Å². The molecule has 0 heterocycles. The molecule has 1 rings (SSSR count). The first-order chi connectivity index (χ1) is 6.15. The Morgan fingerprint density at radius 1 is 1.46 bits per heavy atom. The van der Waals surface area contributed by atoms with Crippen molar-refractivity contribution in [3.05, 3.63) is 47.5 Å². The van der Waals surface area contributed by atoms with Crippen LogP contribution in [-0.4, -0.2) is 0 Å². The minimum absolute atomic E-state index is 0.622. The molecule has 0 radical (unpaired) electrons. The normalized spacial score (nSPS) is 10.6. The highest BCUT2D eigenvalue weighted by atomic mass is 14.6. The first-order valence-corrected chi connectivity index (χ1v) is 4.33. The van der Waals surface area contributed by atoms with E-state index in [1.165, 1.54) is 5.56 Å². The third kappa shape index (κ3) is 2.22. The minimum atomic E-state index is 0.622. The number of aryl methyl sites for hydroxylation is 1. The van der Waals surface area contributed by atoms with Gasteiger partial charge in [-0.25, -0.2) is 0 Å². The van der Waals surface area contributed by atoms with Crippen molar-refractivity contribution in [2.45, 2.75) is 13.8 Å². The zero-order chi connectivity index (χ0) is 9.84. The number of rotatable bonds is 2. The van der Waals surface area contributed by atoms with Gasteiger partial charge in [-0.2, -0.15) is 0 Å². The van der Waals surface area contributed by atoms with E-state index in [-0.39, 0.29) is 0 Å². The maximum absolute atomic E-state index is 5.69. The summed E-state index contributed by atoms with van der Waals surface area (Å²) in [5.41, 5.74) is 9.66. The van der Waals surface area contributed by atoms with E-state index in [9.17, 15) is 0 Å². The largest absolute Gasteiger partial charge is 0.399 e. The predicted octanol–water partition coefficient (Wildman–Crippen LogP) is 2.96. The van der Waals surface area contributed by atoms with Gasteiger partial charge < -0.3 is 5.73 Å². The average molecular weight is 173 g/mol. The van der Waals surface area contributed by atoms with E-state index in [2.05, 4.69) is 24.8 Å². The van der Waals surface area contributed by atoms with E-state index in [1.807, 2.05) is 26.0 Å². The maximum atomic E-state index is 5.69. The molecule has 0 saturated heterocycles. The van der Waals surface area contributed by atoms with E-state index < -0.39 is 0 Å². The van der Waals surface area contributed by atoms with Gasteiger partial charge in [-0.15, -0.1) is 0 Å². The fraction of sp³-hybridized carbons (Fsp3) is 0.167. The van der Waals surface area contributed by atoms with Crippen molar-refractivity contribution in [1.29, 1.82) is 0 Å². The zero-order valence-corrected chi connectivity index (χ0v) is 8.17. The van der Waals surface area contributed by atoms with Crippen LogP contribution in [0.25, 0.3) is 11.8 Å². The number of allylic oxidation sites excluding steroid dienone is 1. The van der Waals surface area contributed by atoms with E-state index in [0.29, 0.717) is 5.70 Å². The Balaban J connectivity index is 3.26. The lowest BCUT2D eigenvalue weighted by molar-refractivity contribution is 1.41. The summed E-state index contributed by atoms with van der Waals surface area (Å²) in [5, 5.41) is 0. The molecule has 0 saturated carbocycles. The average Bonchev–Trinajstić information content (AvgIpc) is 2.08. The molecular formula is C12H15N. The molecule has 0 bridgehead atoms. The third-order valence-corrected chi connectivity index (χ3v) is 1.90. The van der Waals surface area contributed by atoms with Gasteiger partial charge in [0.15, 0.2) is 0 Å². The molecule has 2 N–H and O–H groups in total. The van der Waals surface area contributed by atoms with Crippen LogP contribution < -0.4 is 5.73 Å². The third-order valence-electron chi connectivity index (χ3n) is 1.90. The molecule has 0 atom stereocenters. The van der Waals surface area contributed by atoms with Crippen LogP contribution in [0.5, 0.6) is 0 Å². The number of nitrogens with two attached hydrogens (primary N) is 1. The summed E-state index contributed by atoms with van der Waals surface area (Å²) in [6, 6.07) is 6.18. The topological polar surface area (TPSA) is 26.0 Å². The molecule has 1 heteroatoms. The minimum Gasteiger partial charge on any atom is -0.399 e. The van der Waals surface area contributed by atoms with Crippen LogP contribution in [-0.2, 0) is 0 Å². The van der Waals surface area contributed by atoms with Gasteiger partial charge in [-0.3, -0.25) is 0 Å². The fourth-order valence-corrected chi connectivity index (χ4v) is 1.27. The Bertz CT molecular complexity index is 348. The molecule has 1 aromatic carbocycles. The first kappa shape index (κ1) is 9.59. The summed E-state index contributed by atoms with van der Waals surface area (Å²) in [6.45, 7) is 7.79. The second-order valence-corrected chi connectivity index (χ2v) is 3.12. The van der Waals surface area contributed by atoms with E-state index in [1.54, 1.807) is 0 Å². The summed E-state index contributed by atoms with van der Waals surface area (Å²) in [6.07, 6.45) is 4.03. The molecule has 0 fully saturated rings. The van der Waals surface area contributed by atoms with Crippen LogP contribution in [0.15, 0.2) is 30.9 Å². The van der Waals surface area contributed by atoms with E-state index in [0.717, 1.165) is 11.1 Å². The van der Waals surface area contributed by atoms with Crippen molar-refractivity contribution in [1.82, 2.24) is 0 Å². The fourth-order valence-electron chi connectivity index (χ4n) is 1.27. The Hall–Kier alpha value is -1.50. The van der Waals surface area contributed by atoms with Crippen molar-refractivity contribution in [2.24, 2.45) is 5.73 Å². The quantitative estimate of drug-likeness (QED) is 0.731. The summed E-state index contributed by atoms with van der Waals surface area (Å²) >= 11 is 0. The lowest BCUT2D eigenvalue weighted by Crippen LogP contribution is -1.97. The SMILES string of the molecule is C=C(N)c1cc(C)ccc1/C=C\C. The van der Waals surface area contributed by atoms with E-state index in [4.69, 9.17) is 5.73 Å². The molecule has 0 amide bonds. The predicted molar refractivity (Wildman–Crippen MR) is 59.1 cm³/mol. The van der Waals surface area contributed by atoms with Crippen molar-refractivity contribution in [3.8, 4) is 0 Å². The van der Waals surface area contributed by atoms with Crippen LogP contribution in [0.2, 0.25) is 0 Å². The molecule has 0 aromatic heterocycles. The Morgan fingerprint density at radius 3 is 2.69 bits per heavy atom. The molecule has 0 aliphatic carbocycles. The van der Waals surface area contributed by atoms with Crippen molar-refractivity contribution in [3.63, 3.8) is 0 Å². The lowest BCUT2D eigenvalue weighted by atomic mass is 10.0. The van der Waals surface area contributed by atoms with Gasteiger partial charge in [0.05, 0.1) is 0 Å². The van der Waals surface area contributed by atoms with Crippen LogP contribution in [0.4, 0.5) is 0 Å². The molecule has 0 unspecified atom stereocenters. The Labute approximate surface area is 79.6 Å². The molecule has 0 aliphatic heterocycles. The Kier molecular flexibility index (Phi) is 2.91. The van der Waals surface area contributed by atoms with Crippen molar-refractivity contribution < 1.29 is 0 Å². The highest BCUT2D eigenvalue weighted by Crippen LogP contribution is 2.17. The van der Waals surface area contributed by atoms with Gasteiger partial charge in [0.1, 0.15) is 0 Å². The molecule has 13 heavy (non-hydrogen) atoms. The van der Waals surface area contributed by atoms with Crippen molar-refractivity contribution in [2.75, 3.05) is 0 Å². The monoisotopic (exact) mass is 173 g/mol. The van der Waals surface area contributed by atoms with E-state index >= 15 is 0 Å². The lowest BCUT2D eigenvalue weighted by Gasteiger charge is -2.06. The first-order valence-electron chi connectivity index (χ1n) is 4.33. The maximum Gasteiger partial charge on any atom is 0.0320 e. The molecular weight excluding hydrogens is 158 g/mol. The molecule has 1 aromatic rings. The molecule has 0 aliphatic rings. The van der Waals surface area contributed by atoms with Gasteiger partial charge in [0.2, 0.25) is 0 Å². The molecule has 68 valence electrons. The van der Waals surface area contributed by atoms with Crippen LogP contribution in [0.3, 0.4) is 0 Å². The summed E-state index contributed by atoms with van der Waals surface area (Å²) in [4.78, 5) is 0. The standard InChI is InChI=1S/C12H15N/c1-4-5-11-7-6-9(2)8-12(11)10(3)13/h4-8H,3,13H2,1-2H3/b5-4-. The van der Waals surface area contributed by atoms with Gasteiger partial charge in [-0.1, -0.05) is 36.4 Å². The summed E-state index contributed by atoms with van der Waals surface area (Å²) < 4.78 is 0.